The lowest BCUT2D eigenvalue weighted by Crippen LogP contribution is -2.40. The van der Waals surface area contributed by atoms with Crippen molar-refractivity contribution in [2.75, 3.05) is 20.3 Å². The first-order valence-corrected chi connectivity index (χ1v) is 12.4. The first kappa shape index (κ1) is 25.5. The second-order valence-corrected chi connectivity index (χ2v) is 9.25. The van der Waals surface area contributed by atoms with Crippen molar-refractivity contribution in [2.45, 2.75) is 19.9 Å². The largest absolute Gasteiger partial charge is 0.493 e. The number of halogens is 1. The fourth-order valence-corrected chi connectivity index (χ4v) is 5.26. The van der Waals surface area contributed by atoms with E-state index in [0.29, 0.717) is 43.7 Å². The van der Waals surface area contributed by atoms with Crippen LogP contribution in [-0.4, -0.2) is 30.9 Å². The van der Waals surface area contributed by atoms with Crippen LogP contribution in [0.15, 0.2) is 76.2 Å². The number of rotatable bonds is 8. The molecule has 0 bridgehead atoms. The molecule has 2 aromatic carbocycles. The first-order valence-electron chi connectivity index (χ1n) is 11.2. The Labute approximate surface area is 217 Å². The predicted octanol–water partition coefficient (Wildman–Crippen LogP) is 4.03. The third-order valence-electron chi connectivity index (χ3n) is 5.56. The Morgan fingerprint density at radius 3 is 2.72 bits per heavy atom. The minimum atomic E-state index is -0.764. The summed E-state index contributed by atoms with van der Waals surface area (Å²) < 4.78 is 18.3. The topological polar surface area (TPSA) is 79.1 Å². The molecule has 0 spiro atoms. The van der Waals surface area contributed by atoms with Gasteiger partial charge in [-0.15, -0.1) is 0 Å². The highest BCUT2D eigenvalue weighted by Gasteiger charge is 2.34. The van der Waals surface area contributed by atoms with Gasteiger partial charge in [-0.05, 0) is 49.2 Å². The number of carbonyl (C=O) groups is 1. The highest BCUT2D eigenvalue weighted by atomic mass is 35.5. The third kappa shape index (κ3) is 4.87. The molecule has 2 heterocycles. The van der Waals surface area contributed by atoms with Crippen LogP contribution in [0.5, 0.6) is 11.5 Å². The molecule has 186 valence electrons. The molecule has 0 amide bonds. The fourth-order valence-electron chi connectivity index (χ4n) is 3.98. The van der Waals surface area contributed by atoms with Gasteiger partial charge in [0.25, 0.3) is 5.56 Å². The summed E-state index contributed by atoms with van der Waals surface area (Å²) >= 11 is 7.77. The number of carbonyl (C=O) groups excluding carboxylic acids is 1. The number of nitrogens with zero attached hydrogens (tertiary/aromatic N) is 2. The van der Waals surface area contributed by atoms with Gasteiger partial charge in [0.05, 0.1) is 29.5 Å². The second-order valence-electron chi connectivity index (χ2n) is 7.83. The lowest BCUT2D eigenvalue weighted by molar-refractivity contribution is -0.139. The molecule has 9 heteroatoms. The van der Waals surface area contributed by atoms with E-state index >= 15 is 0 Å². The van der Waals surface area contributed by atoms with Crippen LogP contribution in [0.2, 0.25) is 5.02 Å². The molecule has 3 aromatic rings. The van der Waals surface area contributed by atoms with E-state index in [1.165, 1.54) is 15.9 Å². The number of ether oxygens (including phenoxy) is 3. The van der Waals surface area contributed by atoms with Crippen LogP contribution in [0, 0.1) is 0 Å². The van der Waals surface area contributed by atoms with Crippen LogP contribution in [0.1, 0.15) is 31.0 Å². The van der Waals surface area contributed by atoms with Crippen LogP contribution in [0.3, 0.4) is 0 Å². The molecule has 1 atom stereocenters. The van der Waals surface area contributed by atoms with Crippen molar-refractivity contribution < 1.29 is 19.0 Å². The molecule has 4 rings (SSSR count). The van der Waals surface area contributed by atoms with E-state index in [9.17, 15) is 9.59 Å². The molecule has 1 unspecified atom stereocenters. The monoisotopic (exact) mass is 524 g/mol. The summed E-state index contributed by atoms with van der Waals surface area (Å²) in [6.45, 7) is 7.67. The van der Waals surface area contributed by atoms with Gasteiger partial charge in [0.15, 0.2) is 16.3 Å². The molecule has 1 aliphatic rings. The van der Waals surface area contributed by atoms with Crippen molar-refractivity contribution in [2.24, 2.45) is 4.99 Å². The molecule has 36 heavy (non-hydrogen) atoms. The van der Waals surface area contributed by atoms with Crippen molar-refractivity contribution in [1.29, 1.82) is 0 Å². The summed E-state index contributed by atoms with van der Waals surface area (Å²) in [5.74, 6) is 0.579. The fraction of sp³-hybridized carbons (Fsp3) is 0.222. The van der Waals surface area contributed by atoms with E-state index in [0.717, 1.165) is 5.56 Å². The smallest absolute Gasteiger partial charge is 0.338 e. The maximum absolute atomic E-state index is 13.7. The average Bonchev–Trinajstić information content (AvgIpc) is 3.17. The van der Waals surface area contributed by atoms with Crippen LogP contribution < -0.4 is 24.4 Å². The van der Waals surface area contributed by atoms with E-state index in [-0.39, 0.29) is 17.7 Å². The number of hydrogen-bond donors (Lipinski definition) is 0. The Bertz CT molecular complexity index is 1540. The summed E-state index contributed by atoms with van der Waals surface area (Å²) in [7, 11) is 1.55. The summed E-state index contributed by atoms with van der Waals surface area (Å²) in [5, 5.41) is 0.438. The lowest BCUT2D eigenvalue weighted by Gasteiger charge is -2.25. The van der Waals surface area contributed by atoms with Gasteiger partial charge in [0.2, 0.25) is 0 Å². The van der Waals surface area contributed by atoms with Gasteiger partial charge < -0.3 is 14.2 Å². The standard InChI is InChI=1S/C27H25ClN2O5S/c1-5-13-35-20-12-11-17(14-21(20)33-4)15-22-25(31)30-24(18-9-7-8-10-19(18)28)23(26(32)34-6-2)16(3)29-27(30)36-22/h5,7-12,14-15,24H,1,6,13H2,2-4H3/b22-15-. The van der Waals surface area contributed by atoms with E-state index in [1.807, 2.05) is 12.1 Å². The Morgan fingerprint density at radius 2 is 2.03 bits per heavy atom. The van der Waals surface area contributed by atoms with Crippen molar-refractivity contribution in [1.82, 2.24) is 4.57 Å². The number of allylic oxidation sites excluding steroid dienone is 1. The van der Waals surface area contributed by atoms with E-state index < -0.39 is 12.0 Å². The normalized spacial score (nSPS) is 15.2. The summed E-state index contributed by atoms with van der Waals surface area (Å²) in [6, 6.07) is 11.8. The number of fused-ring (bicyclic) bond motifs is 1. The zero-order chi connectivity index (χ0) is 25.8. The molecule has 7 nitrogen and oxygen atoms in total. The molecule has 0 N–H and O–H groups in total. The maximum atomic E-state index is 13.7. The lowest BCUT2D eigenvalue weighted by atomic mass is 9.96. The highest BCUT2D eigenvalue weighted by molar-refractivity contribution is 7.07. The van der Waals surface area contributed by atoms with Crippen LogP contribution >= 0.6 is 22.9 Å². The number of aromatic nitrogens is 1. The van der Waals surface area contributed by atoms with Gasteiger partial charge in [0, 0.05) is 5.02 Å². The zero-order valence-electron chi connectivity index (χ0n) is 20.1. The van der Waals surface area contributed by atoms with Crippen molar-refractivity contribution >= 4 is 35.0 Å². The Kier molecular flexibility index (Phi) is 7.76. The first-order chi connectivity index (χ1) is 17.4. The third-order valence-corrected chi connectivity index (χ3v) is 6.89. The van der Waals surface area contributed by atoms with Gasteiger partial charge in [-0.3, -0.25) is 9.36 Å². The van der Waals surface area contributed by atoms with Gasteiger partial charge >= 0.3 is 5.97 Å². The molecule has 1 aromatic heterocycles. The Hall–Kier alpha value is -3.62. The minimum absolute atomic E-state index is 0.198. The summed E-state index contributed by atoms with van der Waals surface area (Å²) in [5.41, 5.74) is 1.85. The van der Waals surface area contributed by atoms with E-state index in [4.69, 9.17) is 25.8 Å². The summed E-state index contributed by atoms with van der Waals surface area (Å²) in [6.07, 6.45) is 3.41. The van der Waals surface area contributed by atoms with Crippen LogP contribution in [0.4, 0.5) is 0 Å². The number of esters is 1. The molecule has 1 aliphatic heterocycles. The zero-order valence-corrected chi connectivity index (χ0v) is 21.7. The molecular weight excluding hydrogens is 500 g/mol. The molecule has 0 fully saturated rings. The quantitative estimate of drug-likeness (QED) is 0.328. The number of hydrogen-bond acceptors (Lipinski definition) is 7. The van der Waals surface area contributed by atoms with Crippen molar-refractivity contribution in [3.05, 3.63) is 102 Å². The van der Waals surface area contributed by atoms with Gasteiger partial charge in [-0.25, -0.2) is 9.79 Å². The molecule has 0 radical (unpaired) electrons. The SMILES string of the molecule is C=CCOc1ccc(/C=c2\sc3n(c2=O)C(c2ccccc2Cl)C(C(=O)OCC)=C(C)N=3)cc1OC. The van der Waals surface area contributed by atoms with E-state index in [1.54, 1.807) is 63.4 Å². The van der Waals surface area contributed by atoms with Gasteiger partial charge in [-0.2, -0.15) is 0 Å². The van der Waals surface area contributed by atoms with Crippen molar-refractivity contribution in [3.8, 4) is 11.5 Å². The van der Waals surface area contributed by atoms with Crippen LogP contribution in [-0.2, 0) is 9.53 Å². The molecule has 0 saturated heterocycles. The number of benzene rings is 2. The number of methoxy groups -OCH3 is 1. The summed E-state index contributed by atoms with van der Waals surface area (Å²) in [4.78, 5) is 31.7. The average molecular weight is 525 g/mol. The minimum Gasteiger partial charge on any atom is -0.493 e. The van der Waals surface area contributed by atoms with E-state index in [2.05, 4.69) is 11.6 Å². The van der Waals surface area contributed by atoms with Crippen LogP contribution in [0.25, 0.3) is 6.08 Å². The maximum Gasteiger partial charge on any atom is 0.338 e. The second kappa shape index (κ2) is 11.0. The molecular formula is C27H25ClN2O5S. The molecule has 0 saturated carbocycles. The Balaban J connectivity index is 1.89. The number of thiazole rings is 1. The highest BCUT2D eigenvalue weighted by Crippen LogP contribution is 2.34. The molecule has 0 aliphatic carbocycles. The predicted molar refractivity (Wildman–Crippen MR) is 141 cm³/mol. The van der Waals surface area contributed by atoms with Gasteiger partial charge in [-0.1, -0.05) is 59.9 Å². The Morgan fingerprint density at radius 1 is 1.25 bits per heavy atom. The van der Waals surface area contributed by atoms with Crippen molar-refractivity contribution in [3.63, 3.8) is 0 Å². The van der Waals surface area contributed by atoms with Gasteiger partial charge in [0.1, 0.15) is 12.6 Å².